The van der Waals surface area contributed by atoms with Crippen molar-refractivity contribution in [1.82, 2.24) is 9.21 Å². The van der Waals surface area contributed by atoms with Crippen molar-refractivity contribution in [3.8, 4) is 0 Å². The van der Waals surface area contributed by atoms with Crippen LogP contribution in [0.3, 0.4) is 0 Å². The first-order valence-corrected chi connectivity index (χ1v) is 11.7. The third-order valence-corrected chi connectivity index (χ3v) is 9.72. The van der Waals surface area contributed by atoms with Crippen LogP contribution in [0.1, 0.15) is 32.1 Å². The molecule has 6 nitrogen and oxygen atoms in total. The van der Waals surface area contributed by atoms with Crippen LogP contribution in [0.15, 0.2) is 21.7 Å². The third kappa shape index (κ3) is 3.32. The quantitative estimate of drug-likeness (QED) is 0.780. The van der Waals surface area contributed by atoms with E-state index in [4.69, 9.17) is 4.74 Å². The summed E-state index contributed by atoms with van der Waals surface area (Å²) in [6, 6.07) is 3.46. The number of thiophene rings is 1. The predicted octanol–water partition coefficient (Wildman–Crippen LogP) is 2.18. The zero-order valence-electron chi connectivity index (χ0n) is 14.9. The first-order valence-electron chi connectivity index (χ1n) is 9.40. The number of rotatable bonds is 4. The lowest BCUT2D eigenvalue weighted by Crippen LogP contribution is -2.52. The molecule has 1 saturated carbocycles. The van der Waals surface area contributed by atoms with Gasteiger partial charge in [-0.1, -0.05) is 6.07 Å². The van der Waals surface area contributed by atoms with Crippen LogP contribution in [-0.2, 0) is 19.6 Å². The molecule has 3 aliphatic rings. The number of hydrogen-bond donors (Lipinski definition) is 0. The Morgan fingerprint density at radius 2 is 1.92 bits per heavy atom. The van der Waals surface area contributed by atoms with Gasteiger partial charge in [-0.3, -0.25) is 4.79 Å². The molecule has 0 N–H and O–H groups in total. The maximum atomic E-state index is 12.7. The van der Waals surface area contributed by atoms with Crippen LogP contribution in [0.5, 0.6) is 0 Å². The van der Waals surface area contributed by atoms with Crippen molar-refractivity contribution in [2.24, 2.45) is 11.3 Å². The van der Waals surface area contributed by atoms with Gasteiger partial charge in [0.05, 0.1) is 13.2 Å². The summed E-state index contributed by atoms with van der Waals surface area (Å²) < 4.78 is 32.8. The Balaban J connectivity index is 1.35. The highest BCUT2D eigenvalue weighted by molar-refractivity contribution is 7.91. The van der Waals surface area contributed by atoms with Gasteiger partial charge in [0, 0.05) is 32.6 Å². The van der Waals surface area contributed by atoms with Crippen molar-refractivity contribution in [2.45, 2.75) is 36.3 Å². The fourth-order valence-corrected chi connectivity index (χ4v) is 7.18. The lowest BCUT2D eigenvalue weighted by Gasteiger charge is -2.54. The van der Waals surface area contributed by atoms with Crippen LogP contribution in [0.2, 0.25) is 0 Å². The Morgan fingerprint density at radius 3 is 2.50 bits per heavy atom. The van der Waals surface area contributed by atoms with E-state index in [-0.39, 0.29) is 11.3 Å². The van der Waals surface area contributed by atoms with E-state index in [9.17, 15) is 13.2 Å². The van der Waals surface area contributed by atoms with Gasteiger partial charge < -0.3 is 9.64 Å². The number of morpholine rings is 1. The van der Waals surface area contributed by atoms with Gasteiger partial charge in [0.2, 0.25) is 5.91 Å². The highest BCUT2D eigenvalue weighted by atomic mass is 32.2. The summed E-state index contributed by atoms with van der Waals surface area (Å²) in [5, 5.41) is 1.80. The van der Waals surface area contributed by atoms with E-state index in [1.807, 2.05) is 4.90 Å². The molecule has 3 heterocycles. The number of carbonyl (C=O) groups is 1. The van der Waals surface area contributed by atoms with Gasteiger partial charge in [0.1, 0.15) is 4.21 Å². The second-order valence-corrected chi connectivity index (χ2v) is 10.7. The summed E-state index contributed by atoms with van der Waals surface area (Å²) >= 11 is 1.28. The van der Waals surface area contributed by atoms with Crippen molar-refractivity contribution in [3.63, 3.8) is 0 Å². The first kappa shape index (κ1) is 18.4. The Bertz CT molecular complexity index is 733. The minimum Gasteiger partial charge on any atom is -0.378 e. The van der Waals surface area contributed by atoms with Crippen molar-refractivity contribution in [1.29, 1.82) is 0 Å². The van der Waals surface area contributed by atoms with E-state index in [0.717, 1.165) is 25.7 Å². The average molecular weight is 399 g/mol. The number of amides is 1. The molecule has 8 heteroatoms. The number of ether oxygens (including phenoxy) is 1. The van der Waals surface area contributed by atoms with Gasteiger partial charge in [0.25, 0.3) is 10.0 Å². The number of carbonyl (C=O) groups excluding carboxylic acids is 1. The summed E-state index contributed by atoms with van der Waals surface area (Å²) in [6.07, 6.45) is 4.57. The predicted molar refractivity (Wildman–Crippen MR) is 99.5 cm³/mol. The first-order chi connectivity index (χ1) is 12.5. The maximum absolute atomic E-state index is 12.7. The number of hydrogen-bond acceptors (Lipinski definition) is 5. The van der Waals surface area contributed by atoms with Crippen LogP contribution in [0.4, 0.5) is 0 Å². The smallest absolute Gasteiger partial charge is 0.252 e. The molecule has 1 atom stereocenters. The SMILES string of the molecule is O=C(CC1CCC12CCN(S(=O)(=O)c1cccs1)CC2)N1CCOCC1. The summed E-state index contributed by atoms with van der Waals surface area (Å²) in [6.45, 7) is 3.82. The molecule has 2 saturated heterocycles. The fraction of sp³-hybridized carbons (Fsp3) is 0.722. The van der Waals surface area contributed by atoms with E-state index in [1.54, 1.807) is 21.8 Å². The third-order valence-electron chi connectivity index (χ3n) is 6.45. The molecule has 1 aromatic rings. The molecule has 0 radical (unpaired) electrons. The topological polar surface area (TPSA) is 66.9 Å². The molecule has 26 heavy (non-hydrogen) atoms. The largest absolute Gasteiger partial charge is 0.378 e. The fourth-order valence-electron chi connectivity index (χ4n) is 4.60. The average Bonchev–Trinajstić information content (AvgIpc) is 3.21. The number of sulfonamides is 1. The van der Waals surface area contributed by atoms with Gasteiger partial charge in [-0.15, -0.1) is 11.3 Å². The molecule has 0 bridgehead atoms. The Hall–Kier alpha value is -0.960. The molecular formula is C18H26N2O4S2. The van der Waals surface area contributed by atoms with Gasteiger partial charge >= 0.3 is 0 Å². The second-order valence-electron chi connectivity index (χ2n) is 7.63. The molecule has 1 aliphatic carbocycles. The Labute approximate surface area is 159 Å². The summed E-state index contributed by atoms with van der Waals surface area (Å²) in [4.78, 5) is 14.5. The molecule has 0 aromatic carbocycles. The maximum Gasteiger partial charge on any atom is 0.252 e. The molecule has 2 aliphatic heterocycles. The number of nitrogens with zero attached hydrogens (tertiary/aromatic N) is 2. The molecular weight excluding hydrogens is 372 g/mol. The molecule has 1 unspecified atom stereocenters. The highest BCUT2D eigenvalue weighted by Crippen LogP contribution is 2.55. The summed E-state index contributed by atoms with van der Waals surface area (Å²) in [5.74, 6) is 0.649. The molecule has 1 aromatic heterocycles. The van der Waals surface area contributed by atoms with Crippen LogP contribution >= 0.6 is 11.3 Å². The van der Waals surface area contributed by atoms with Crippen LogP contribution in [0, 0.1) is 11.3 Å². The summed E-state index contributed by atoms with van der Waals surface area (Å²) in [7, 11) is -3.35. The van der Waals surface area contributed by atoms with Crippen LogP contribution in [0.25, 0.3) is 0 Å². The van der Waals surface area contributed by atoms with Crippen molar-refractivity contribution in [3.05, 3.63) is 17.5 Å². The summed E-state index contributed by atoms with van der Waals surface area (Å²) in [5.41, 5.74) is 0.170. The lowest BCUT2D eigenvalue weighted by molar-refractivity contribution is -0.140. The Kier molecular flexibility index (Phi) is 5.11. The van der Waals surface area contributed by atoms with Crippen LogP contribution < -0.4 is 0 Å². The molecule has 144 valence electrons. The van der Waals surface area contributed by atoms with E-state index in [0.29, 0.717) is 55.9 Å². The molecule has 1 amide bonds. The highest BCUT2D eigenvalue weighted by Gasteiger charge is 2.50. The van der Waals surface area contributed by atoms with Crippen LogP contribution in [-0.4, -0.2) is 62.9 Å². The van der Waals surface area contributed by atoms with Gasteiger partial charge in [-0.25, -0.2) is 8.42 Å². The second kappa shape index (κ2) is 7.22. The monoisotopic (exact) mass is 398 g/mol. The van der Waals surface area contributed by atoms with E-state index < -0.39 is 10.0 Å². The van der Waals surface area contributed by atoms with Gasteiger partial charge in [-0.2, -0.15) is 4.31 Å². The standard InChI is InChI=1S/C18H26N2O4S2/c21-16(19-9-11-24-12-10-19)14-15-3-4-18(15)5-7-20(8-6-18)26(22,23)17-2-1-13-25-17/h1-2,13,15H,3-12,14H2. The zero-order valence-corrected chi connectivity index (χ0v) is 16.6. The molecule has 1 spiro atoms. The van der Waals surface area contributed by atoms with Crippen molar-refractivity contribution < 1.29 is 17.9 Å². The Morgan fingerprint density at radius 1 is 1.19 bits per heavy atom. The van der Waals surface area contributed by atoms with Crippen molar-refractivity contribution >= 4 is 27.3 Å². The zero-order chi connectivity index (χ0) is 18.2. The minimum atomic E-state index is -3.35. The molecule has 3 fully saturated rings. The number of piperidine rings is 1. The van der Waals surface area contributed by atoms with Gasteiger partial charge in [0.15, 0.2) is 0 Å². The normalized spacial score (nSPS) is 26.6. The van der Waals surface area contributed by atoms with E-state index in [1.165, 1.54) is 11.3 Å². The minimum absolute atomic E-state index is 0.170. The van der Waals surface area contributed by atoms with Gasteiger partial charge in [-0.05, 0) is 48.5 Å². The lowest BCUT2D eigenvalue weighted by atomic mass is 9.55. The van der Waals surface area contributed by atoms with Crippen molar-refractivity contribution in [2.75, 3.05) is 39.4 Å². The van der Waals surface area contributed by atoms with E-state index in [2.05, 4.69) is 0 Å². The molecule has 4 rings (SSSR count). The van der Waals surface area contributed by atoms with E-state index >= 15 is 0 Å².